The number of carbonyl (C=O) groups excluding carboxylic acids is 1. The number of rotatable bonds is 14. The summed E-state index contributed by atoms with van der Waals surface area (Å²) in [6.07, 6.45) is 5.00. The molecule has 1 fully saturated rings. The van der Waals surface area contributed by atoms with E-state index in [0.717, 1.165) is 53.4 Å². The van der Waals surface area contributed by atoms with Crippen LogP contribution in [-0.4, -0.2) is 53.5 Å². The van der Waals surface area contributed by atoms with Gasteiger partial charge in [0.25, 0.3) is 0 Å². The highest BCUT2D eigenvalue weighted by atomic mass is 35.5. The van der Waals surface area contributed by atoms with Gasteiger partial charge in [-0.25, -0.2) is 4.98 Å². The van der Waals surface area contributed by atoms with Gasteiger partial charge in [0.15, 0.2) is 5.75 Å². The first-order valence-corrected chi connectivity index (χ1v) is 18.0. The van der Waals surface area contributed by atoms with Crippen LogP contribution < -0.4 is 18.9 Å². The Kier molecular flexibility index (Phi) is 12.7. The zero-order chi connectivity index (χ0) is 36.3. The van der Waals surface area contributed by atoms with Crippen molar-refractivity contribution in [1.29, 1.82) is 0 Å². The number of halogens is 2. The minimum Gasteiger partial charge on any atom is -0.494 e. The summed E-state index contributed by atoms with van der Waals surface area (Å²) in [5.41, 5.74) is 4.87. The fourth-order valence-corrected chi connectivity index (χ4v) is 6.24. The van der Waals surface area contributed by atoms with E-state index in [9.17, 15) is 4.79 Å². The maximum Gasteiger partial charge on any atom is 0.246 e. The minimum absolute atomic E-state index is 0.0216. The minimum atomic E-state index is -0.0216. The highest BCUT2D eigenvalue weighted by Gasteiger charge is 2.20. The van der Waals surface area contributed by atoms with Crippen LogP contribution in [0.2, 0.25) is 10.0 Å². The fourth-order valence-electron chi connectivity index (χ4n) is 5.74. The van der Waals surface area contributed by atoms with Gasteiger partial charge in [-0.2, -0.15) is 0 Å². The second-order valence-corrected chi connectivity index (χ2v) is 13.2. The molecular weight excluding hydrogens is 697 g/mol. The highest BCUT2D eigenvalue weighted by molar-refractivity contribution is 6.32. The summed E-state index contributed by atoms with van der Waals surface area (Å²) in [6.45, 7) is 9.13. The molecule has 0 spiro atoms. The Morgan fingerprint density at radius 2 is 1.44 bits per heavy atom. The molecule has 6 rings (SSSR count). The second-order valence-electron chi connectivity index (χ2n) is 12.4. The average Bonchev–Trinajstić information content (AvgIpc) is 3.16. The Morgan fingerprint density at radius 1 is 0.769 bits per heavy atom. The number of nitrogens with zero attached hydrogens (tertiary/aromatic N) is 3. The number of benzene rings is 4. The Bertz CT molecular complexity index is 1940. The fraction of sp³-hybridized carbons (Fsp3) is 0.238. The summed E-state index contributed by atoms with van der Waals surface area (Å²) in [7, 11) is 0. The van der Waals surface area contributed by atoms with E-state index in [1.807, 2.05) is 73.3 Å². The van der Waals surface area contributed by atoms with Gasteiger partial charge in [0.1, 0.15) is 30.5 Å². The molecule has 0 saturated carbocycles. The molecule has 1 amide bonds. The van der Waals surface area contributed by atoms with Crippen LogP contribution >= 0.6 is 23.2 Å². The Balaban J connectivity index is 0.937. The van der Waals surface area contributed by atoms with E-state index in [4.69, 9.17) is 42.1 Å². The number of hydrogen-bond donors (Lipinski definition) is 0. The summed E-state index contributed by atoms with van der Waals surface area (Å²) >= 11 is 12.8. The molecule has 8 nitrogen and oxygen atoms in total. The number of hydrogen-bond acceptors (Lipinski definition) is 7. The zero-order valence-electron chi connectivity index (χ0n) is 29.3. The predicted octanol–water partition coefficient (Wildman–Crippen LogP) is 9.40. The molecule has 2 heterocycles. The lowest BCUT2D eigenvalue weighted by Crippen LogP contribution is -2.47. The van der Waals surface area contributed by atoms with Crippen molar-refractivity contribution in [2.45, 2.75) is 33.6 Å². The van der Waals surface area contributed by atoms with Crippen LogP contribution in [-0.2, 0) is 24.6 Å². The number of aryl methyl sites for hydroxylation is 1. The third-order valence-electron chi connectivity index (χ3n) is 8.59. The second kappa shape index (κ2) is 18.0. The number of pyridine rings is 1. The molecular formula is C42H41Cl2N3O5. The third-order valence-corrected chi connectivity index (χ3v) is 9.24. The molecule has 52 heavy (non-hydrogen) atoms. The van der Waals surface area contributed by atoms with Crippen molar-refractivity contribution in [1.82, 2.24) is 14.8 Å². The summed E-state index contributed by atoms with van der Waals surface area (Å²) in [5, 5.41) is 1.08. The van der Waals surface area contributed by atoms with Gasteiger partial charge in [0.05, 0.1) is 17.8 Å². The summed E-state index contributed by atoms with van der Waals surface area (Å²) in [4.78, 5) is 21.7. The van der Waals surface area contributed by atoms with E-state index in [0.29, 0.717) is 60.3 Å². The molecule has 1 aromatic heterocycles. The molecule has 0 unspecified atom stereocenters. The van der Waals surface area contributed by atoms with E-state index in [-0.39, 0.29) is 5.91 Å². The zero-order valence-corrected chi connectivity index (χ0v) is 30.8. The van der Waals surface area contributed by atoms with Crippen molar-refractivity contribution in [2.24, 2.45) is 0 Å². The predicted molar refractivity (Wildman–Crippen MR) is 206 cm³/mol. The molecule has 10 heteroatoms. The highest BCUT2D eigenvalue weighted by Crippen LogP contribution is 2.34. The summed E-state index contributed by atoms with van der Waals surface area (Å²) < 4.78 is 23.2. The molecule has 0 bridgehead atoms. The lowest BCUT2D eigenvalue weighted by atomic mass is 10.1. The first-order valence-electron chi connectivity index (χ1n) is 17.3. The molecule has 0 N–H and O–H groups in total. The lowest BCUT2D eigenvalue weighted by Gasteiger charge is -2.34. The number of amides is 1. The molecule has 0 atom stereocenters. The standard InChI is InChI=1S/C42H41Cl2N3O5/c1-3-49-35-13-15-36(16-14-35)50-28-32-10-8-31(9-11-32)27-46-20-22-47(23-21-46)41(48)19-12-33-24-30(2)42(39(44)25-33)52-40-18-17-37(26-45-40)51-29-34-6-4-5-7-38(34)43/h4-19,24-26H,3,20-23,27-29H2,1-2H3. The topological polar surface area (TPSA) is 73.4 Å². The van der Waals surface area contributed by atoms with Crippen LogP contribution in [0.25, 0.3) is 6.08 Å². The number of carbonyl (C=O) groups is 1. The van der Waals surface area contributed by atoms with Crippen LogP contribution in [0, 0.1) is 6.92 Å². The Morgan fingerprint density at radius 3 is 2.12 bits per heavy atom. The first kappa shape index (κ1) is 36.8. The SMILES string of the molecule is CCOc1ccc(OCc2ccc(CN3CCN(C(=O)C=Cc4cc(C)c(Oc5ccc(OCc6ccccc6Cl)cn5)c(Cl)c4)CC3)cc2)cc1. The third kappa shape index (κ3) is 10.3. The first-order chi connectivity index (χ1) is 25.3. The van der Waals surface area contributed by atoms with Crippen molar-refractivity contribution in [3.05, 3.63) is 147 Å². The van der Waals surface area contributed by atoms with Crippen LogP contribution in [0.4, 0.5) is 0 Å². The molecule has 1 saturated heterocycles. The quantitative estimate of drug-likeness (QED) is 0.105. The number of ether oxygens (including phenoxy) is 4. The van der Waals surface area contributed by atoms with Crippen LogP contribution in [0.1, 0.15) is 34.7 Å². The number of aromatic nitrogens is 1. The monoisotopic (exact) mass is 737 g/mol. The summed E-state index contributed by atoms with van der Waals surface area (Å²) in [5.74, 6) is 3.11. The average molecular weight is 739 g/mol. The van der Waals surface area contributed by atoms with Gasteiger partial charge in [0.2, 0.25) is 11.8 Å². The maximum atomic E-state index is 13.1. The van der Waals surface area contributed by atoms with Gasteiger partial charge in [-0.15, -0.1) is 0 Å². The van der Waals surface area contributed by atoms with E-state index in [2.05, 4.69) is 34.1 Å². The van der Waals surface area contributed by atoms with Crippen molar-refractivity contribution in [3.8, 4) is 28.9 Å². The van der Waals surface area contributed by atoms with Crippen molar-refractivity contribution in [3.63, 3.8) is 0 Å². The van der Waals surface area contributed by atoms with Gasteiger partial charge in [-0.1, -0.05) is 65.7 Å². The van der Waals surface area contributed by atoms with Crippen molar-refractivity contribution < 1.29 is 23.7 Å². The molecule has 1 aliphatic heterocycles. The van der Waals surface area contributed by atoms with Crippen LogP contribution in [0.3, 0.4) is 0 Å². The smallest absolute Gasteiger partial charge is 0.246 e. The molecule has 0 radical (unpaired) electrons. The van der Waals surface area contributed by atoms with Crippen LogP contribution in [0.15, 0.2) is 109 Å². The normalized spacial score (nSPS) is 13.3. The number of piperazine rings is 1. The van der Waals surface area contributed by atoms with E-state index >= 15 is 0 Å². The molecule has 4 aromatic carbocycles. The van der Waals surface area contributed by atoms with E-state index in [1.54, 1.807) is 36.5 Å². The molecule has 1 aliphatic rings. The maximum absolute atomic E-state index is 13.1. The van der Waals surface area contributed by atoms with Gasteiger partial charge in [-0.3, -0.25) is 9.69 Å². The van der Waals surface area contributed by atoms with E-state index < -0.39 is 0 Å². The summed E-state index contributed by atoms with van der Waals surface area (Å²) in [6, 6.07) is 30.9. The Hall–Kier alpha value is -5.02. The van der Waals surface area contributed by atoms with Crippen molar-refractivity contribution >= 4 is 35.2 Å². The van der Waals surface area contributed by atoms with Gasteiger partial charge >= 0.3 is 0 Å². The van der Waals surface area contributed by atoms with Gasteiger partial charge < -0.3 is 23.8 Å². The Labute approximate surface area is 315 Å². The van der Waals surface area contributed by atoms with Crippen molar-refractivity contribution in [2.75, 3.05) is 32.8 Å². The molecule has 0 aliphatic carbocycles. The van der Waals surface area contributed by atoms with E-state index in [1.165, 1.54) is 5.56 Å². The molecule has 268 valence electrons. The molecule has 5 aromatic rings. The van der Waals surface area contributed by atoms with Gasteiger partial charge in [-0.05, 0) is 90.7 Å². The van der Waals surface area contributed by atoms with Gasteiger partial charge in [0, 0.05) is 55.5 Å². The van der Waals surface area contributed by atoms with Crippen LogP contribution in [0.5, 0.6) is 28.9 Å². The largest absolute Gasteiger partial charge is 0.494 e. The lowest BCUT2D eigenvalue weighted by molar-refractivity contribution is -0.127.